The summed E-state index contributed by atoms with van der Waals surface area (Å²) >= 11 is 15.3. The Kier molecular flexibility index (Phi) is 5.27. The van der Waals surface area contributed by atoms with Crippen molar-refractivity contribution < 1.29 is 14.2 Å². The van der Waals surface area contributed by atoms with Crippen LogP contribution in [0.1, 0.15) is 11.1 Å². The van der Waals surface area contributed by atoms with Gasteiger partial charge in [0.1, 0.15) is 12.4 Å². The van der Waals surface area contributed by atoms with Crippen LogP contribution in [0.5, 0.6) is 5.75 Å². The first-order chi connectivity index (χ1) is 9.51. The van der Waals surface area contributed by atoms with Gasteiger partial charge in [-0.05, 0) is 45.8 Å². The molecule has 2 rings (SSSR count). The van der Waals surface area contributed by atoms with Crippen molar-refractivity contribution in [2.75, 3.05) is 0 Å². The summed E-state index contributed by atoms with van der Waals surface area (Å²) < 4.78 is 19.2. The lowest BCUT2D eigenvalue weighted by Crippen LogP contribution is -1.99. The zero-order valence-electron chi connectivity index (χ0n) is 10.2. The maximum Gasteiger partial charge on any atom is 0.152 e. The summed E-state index contributed by atoms with van der Waals surface area (Å²) in [6.07, 6.45) is 0. The van der Waals surface area contributed by atoms with E-state index in [-0.39, 0.29) is 13.2 Å². The highest BCUT2D eigenvalue weighted by Gasteiger charge is 2.11. The van der Waals surface area contributed by atoms with E-state index in [1.165, 1.54) is 12.1 Å². The minimum absolute atomic E-state index is 0.109. The first-order valence-electron chi connectivity index (χ1n) is 5.66. The summed E-state index contributed by atoms with van der Waals surface area (Å²) in [7, 11) is 0. The third kappa shape index (κ3) is 3.64. The van der Waals surface area contributed by atoms with Crippen LogP contribution in [0.4, 0.5) is 4.39 Å². The van der Waals surface area contributed by atoms with Crippen molar-refractivity contribution in [1.82, 2.24) is 0 Å². The molecule has 6 heteroatoms. The van der Waals surface area contributed by atoms with E-state index in [9.17, 15) is 4.39 Å². The number of hydrogen-bond donors (Lipinski definition) is 1. The lowest BCUT2D eigenvalue weighted by atomic mass is 10.2. The van der Waals surface area contributed by atoms with Gasteiger partial charge in [0.05, 0.1) is 21.1 Å². The molecule has 0 aromatic heterocycles. The molecule has 0 bridgehead atoms. The van der Waals surface area contributed by atoms with Crippen molar-refractivity contribution in [1.29, 1.82) is 0 Å². The molecule has 0 fully saturated rings. The van der Waals surface area contributed by atoms with Crippen LogP contribution < -0.4 is 4.74 Å². The average Bonchev–Trinajstić information content (AvgIpc) is 2.39. The fraction of sp³-hybridized carbons (Fsp3) is 0.143. The largest absolute Gasteiger partial charge is 0.486 e. The lowest BCUT2D eigenvalue weighted by Gasteiger charge is -2.12. The molecule has 2 aromatic carbocycles. The Balaban J connectivity index is 2.19. The van der Waals surface area contributed by atoms with E-state index in [0.717, 1.165) is 0 Å². The smallest absolute Gasteiger partial charge is 0.152 e. The first kappa shape index (κ1) is 15.6. The van der Waals surface area contributed by atoms with Crippen LogP contribution in [0.3, 0.4) is 0 Å². The van der Waals surface area contributed by atoms with Crippen LogP contribution in [0.25, 0.3) is 0 Å². The molecule has 2 nitrogen and oxygen atoms in total. The van der Waals surface area contributed by atoms with Crippen LogP contribution in [-0.4, -0.2) is 5.11 Å². The highest BCUT2D eigenvalue weighted by atomic mass is 79.9. The number of halogens is 4. The van der Waals surface area contributed by atoms with Gasteiger partial charge in [0.25, 0.3) is 0 Å². The van der Waals surface area contributed by atoms with E-state index < -0.39 is 5.82 Å². The third-order valence-electron chi connectivity index (χ3n) is 2.63. The molecule has 20 heavy (non-hydrogen) atoms. The fourth-order valence-corrected chi connectivity index (χ4v) is 2.88. The number of rotatable bonds is 4. The Morgan fingerprint density at radius 3 is 2.50 bits per heavy atom. The Morgan fingerprint density at radius 1 is 1.15 bits per heavy atom. The number of ether oxygens (including phenoxy) is 1. The molecule has 0 aliphatic carbocycles. The molecular weight excluding hydrogens is 370 g/mol. The van der Waals surface area contributed by atoms with Crippen LogP contribution in [0, 0.1) is 5.82 Å². The van der Waals surface area contributed by atoms with E-state index in [4.69, 9.17) is 33.0 Å². The molecule has 0 aliphatic rings. The zero-order chi connectivity index (χ0) is 14.7. The summed E-state index contributed by atoms with van der Waals surface area (Å²) in [4.78, 5) is 0. The van der Waals surface area contributed by atoms with Crippen LogP contribution in [0.15, 0.2) is 34.8 Å². The molecule has 0 saturated carbocycles. The van der Waals surface area contributed by atoms with Crippen molar-refractivity contribution in [2.45, 2.75) is 13.2 Å². The normalized spacial score (nSPS) is 10.7. The Hall–Kier alpha value is -0.810. The second-order valence-electron chi connectivity index (χ2n) is 4.07. The van der Waals surface area contributed by atoms with Crippen molar-refractivity contribution in [3.63, 3.8) is 0 Å². The van der Waals surface area contributed by atoms with E-state index >= 15 is 0 Å². The minimum atomic E-state index is -0.398. The summed E-state index contributed by atoms with van der Waals surface area (Å²) in [5.41, 5.74) is 1.33. The monoisotopic (exact) mass is 378 g/mol. The van der Waals surface area contributed by atoms with Crippen LogP contribution >= 0.6 is 39.1 Å². The SMILES string of the molecule is OCc1cc(Cl)c(OCc2ccc(F)cc2Cl)c(Br)c1. The lowest BCUT2D eigenvalue weighted by molar-refractivity contribution is 0.280. The Morgan fingerprint density at radius 2 is 1.90 bits per heavy atom. The van der Waals surface area contributed by atoms with Gasteiger partial charge in [0.15, 0.2) is 5.75 Å². The second-order valence-corrected chi connectivity index (χ2v) is 5.74. The second kappa shape index (κ2) is 6.76. The van der Waals surface area contributed by atoms with Gasteiger partial charge >= 0.3 is 0 Å². The first-order valence-corrected chi connectivity index (χ1v) is 7.21. The number of aliphatic hydroxyl groups is 1. The molecular formula is C14H10BrCl2FO2. The molecule has 0 aliphatic heterocycles. The maximum atomic E-state index is 12.9. The van der Waals surface area contributed by atoms with Crippen molar-refractivity contribution in [3.8, 4) is 5.75 Å². The van der Waals surface area contributed by atoms with Gasteiger partial charge in [-0.1, -0.05) is 29.3 Å². The standard InChI is InChI=1S/C14H10BrCl2FO2/c15-11-3-8(6-19)4-13(17)14(11)20-7-9-1-2-10(18)5-12(9)16/h1-5,19H,6-7H2. The number of aliphatic hydroxyl groups excluding tert-OH is 1. The van der Waals surface area contributed by atoms with Gasteiger partial charge in [-0.2, -0.15) is 0 Å². The van der Waals surface area contributed by atoms with Crippen LogP contribution in [-0.2, 0) is 13.2 Å². The van der Waals surface area contributed by atoms with Crippen LogP contribution in [0.2, 0.25) is 10.0 Å². The summed E-state index contributed by atoms with van der Waals surface area (Å²) in [5.74, 6) is 0.0505. The zero-order valence-corrected chi connectivity index (χ0v) is 13.3. The van der Waals surface area contributed by atoms with Gasteiger partial charge in [-0.3, -0.25) is 0 Å². The molecule has 0 amide bonds. The van der Waals surface area contributed by atoms with Gasteiger partial charge in [0.2, 0.25) is 0 Å². The highest BCUT2D eigenvalue weighted by Crippen LogP contribution is 2.35. The van der Waals surface area contributed by atoms with E-state index in [1.54, 1.807) is 18.2 Å². The number of benzene rings is 2. The molecule has 0 atom stereocenters. The maximum absolute atomic E-state index is 12.9. The van der Waals surface area contributed by atoms with Crippen molar-refractivity contribution >= 4 is 39.1 Å². The Labute approximate surface area is 134 Å². The third-order valence-corrected chi connectivity index (χ3v) is 3.85. The molecule has 106 valence electrons. The molecule has 2 aromatic rings. The average molecular weight is 380 g/mol. The predicted octanol–water partition coefficient (Wildman–Crippen LogP) is 4.97. The van der Waals surface area contributed by atoms with Gasteiger partial charge in [0, 0.05) is 5.56 Å². The van der Waals surface area contributed by atoms with Crippen molar-refractivity contribution in [3.05, 3.63) is 61.8 Å². The molecule has 0 unspecified atom stereocenters. The summed E-state index contributed by atoms with van der Waals surface area (Å²) in [6.45, 7) is 0.0539. The molecule has 0 radical (unpaired) electrons. The number of hydrogen-bond acceptors (Lipinski definition) is 2. The van der Waals surface area contributed by atoms with Gasteiger partial charge < -0.3 is 9.84 Å². The molecule has 0 heterocycles. The highest BCUT2D eigenvalue weighted by molar-refractivity contribution is 9.10. The summed E-state index contributed by atoms with van der Waals surface area (Å²) in [5, 5.41) is 9.75. The van der Waals surface area contributed by atoms with Gasteiger partial charge in [-0.15, -0.1) is 0 Å². The topological polar surface area (TPSA) is 29.5 Å². The summed E-state index contributed by atoms with van der Waals surface area (Å²) in [6, 6.07) is 7.44. The van der Waals surface area contributed by atoms with E-state index in [1.807, 2.05) is 0 Å². The van der Waals surface area contributed by atoms with Gasteiger partial charge in [-0.25, -0.2) is 4.39 Å². The van der Waals surface area contributed by atoms with Crippen molar-refractivity contribution in [2.24, 2.45) is 0 Å². The van der Waals surface area contributed by atoms with E-state index in [0.29, 0.717) is 31.4 Å². The molecule has 1 N–H and O–H groups in total. The predicted molar refractivity (Wildman–Crippen MR) is 80.8 cm³/mol. The molecule has 0 saturated heterocycles. The quantitative estimate of drug-likeness (QED) is 0.812. The Bertz CT molecular complexity index is 612. The molecule has 0 spiro atoms. The fourth-order valence-electron chi connectivity index (χ4n) is 1.63. The van der Waals surface area contributed by atoms with E-state index in [2.05, 4.69) is 15.9 Å². The minimum Gasteiger partial charge on any atom is -0.486 e.